The Labute approximate surface area is 141 Å². The van der Waals surface area contributed by atoms with Gasteiger partial charge in [0.2, 0.25) is 5.91 Å². The summed E-state index contributed by atoms with van der Waals surface area (Å²) in [5.41, 5.74) is 11.0. The minimum Gasteiger partial charge on any atom is -0.390 e. The van der Waals surface area contributed by atoms with Gasteiger partial charge in [-0.25, -0.2) is 0 Å². The number of benzene rings is 2. The van der Waals surface area contributed by atoms with Crippen molar-refractivity contribution in [2.75, 3.05) is 6.54 Å². The molecule has 0 unspecified atom stereocenters. The normalized spacial score (nSPS) is 16.4. The zero-order chi connectivity index (χ0) is 16.9. The monoisotopic (exact) mass is 323 g/mol. The first-order chi connectivity index (χ1) is 11.7. The molecule has 2 aromatic carbocycles. The van der Waals surface area contributed by atoms with Crippen LogP contribution in [0.1, 0.15) is 24.5 Å². The van der Waals surface area contributed by atoms with E-state index in [1.54, 1.807) is 0 Å². The van der Waals surface area contributed by atoms with Crippen LogP contribution in [0.25, 0.3) is 11.1 Å². The zero-order valence-corrected chi connectivity index (χ0v) is 13.7. The number of nitrogens with two attached hydrogens (primary N) is 1. The molecule has 2 aromatic rings. The number of hydrogen-bond donors (Lipinski definition) is 2. The lowest BCUT2D eigenvalue weighted by Crippen LogP contribution is -2.30. The Morgan fingerprint density at radius 1 is 1.12 bits per heavy atom. The number of hydrogen-bond acceptors (Lipinski definition) is 4. The second kappa shape index (κ2) is 7.27. The van der Waals surface area contributed by atoms with Gasteiger partial charge in [0, 0.05) is 19.9 Å². The number of oxime groups is 1. The standard InChI is InChI=1S/C19H21N3O2/c1-13(23)21-12-18-10-19(22-24-18)17-8-6-16(7-9-17)15-4-2-14(11-20)3-5-15/h2-9,18H,10-12,20H2,1H3,(H,21,23)/t18-/m1/s1. The molecule has 5 heteroatoms. The van der Waals surface area contributed by atoms with Crippen molar-refractivity contribution in [1.82, 2.24) is 5.32 Å². The smallest absolute Gasteiger partial charge is 0.217 e. The first kappa shape index (κ1) is 16.2. The highest BCUT2D eigenvalue weighted by Crippen LogP contribution is 2.22. The minimum absolute atomic E-state index is 0.0583. The fourth-order valence-electron chi connectivity index (χ4n) is 2.65. The van der Waals surface area contributed by atoms with Crippen LogP contribution in [0, 0.1) is 0 Å². The first-order valence-electron chi connectivity index (χ1n) is 8.02. The van der Waals surface area contributed by atoms with Gasteiger partial charge in [-0.15, -0.1) is 0 Å². The van der Waals surface area contributed by atoms with Crippen LogP contribution in [-0.4, -0.2) is 24.3 Å². The second-order valence-electron chi connectivity index (χ2n) is 5.89. The Balaban J connectivity index is 1.65. The summed E-state index contributed by atoms with van der Waals surface area (Å²) in [4.78, 5) is 16.3. The molecule has 1 heterocycles. The van der Waals surface area contributed by atoms with E-state index < -0.39 is 0 Å². The molecule has 0 radical (unpaired) electrons. The highest BCUT2D eigenvalue weighted by atomic mass is 16.6. The highest BCUT2D eigenvalue weighted by molar-refractivity contribution is 6.01. The molecule has 0 fully saturated rings. The Morgan fingerprint density at radius 3 is 2.29 bits per heavy atom. The van der Waals surface area contributed by atoms with Crippen LogP contribution in [0.15, 0.2) is 53.7 Å². The second-order valence-corrected chi connectivity index (χ2v) is 5.89. The van der Waals surface area contributed by atoms with Crippen molar-refractivity contribution in [3.05, 3.63) is 59.7 Å². The van der Waals surface area contributed by atoms with E-state index in [4.69, 9.17) is 10.6 Å². The Kier molecular flexibility index (Phi) is 4.91. The van der Waals surface area contributed by atoms with E-state index in [1.807, 2.05) is 12.1 Å². The number of amides is 1. The van der Waals surface area contributed by atoms with Gasteiger partial charge in [0.25, 0.3) is 0 Å². The van der Waals surface area contributed by atoms with E-state index in [-0.39, 0.29) is 12.0 Å². The van der Waals surface area contributed by atoms with Gasteiger partial charge in [-0.2, -0.15) is 0 Å². The predicted octanol–water partition coefficient (Wildman–Crippen LogP) is 2.44. The third kappa shape index (κ3) is 3.81. The fraction of sp³-hybridized carbons (Fsp3) is 0.263. The predicted molar refractivity (Wildman–Crippen MR) is 94.5 cm³/mol. The minimum atomic E-state index is -0.0904. The SMILES string of the molecule is CC(=O)NC[C@H]1CC(c2ccc(-c3ccc(CN)cc3)cc2)=NO1. The van der Waals surface area contributed by atoms with Crippen LogP contribution in [-0.2, 0) is 16.2 Å². The van der Waals surface area contributed by atoms with Gasteiger partial charge >= 0.3 is 0 Å². The van der Waals surface area contributed by atoms with Crippen molar-refractivity contribution in [2.24, 2.45) is 10.9 Å². The van der Waals surface area contributed by atoms with Gasteiger partial charge in [0.15, 0.2) is 0 Å². The molecule has 0 aliphatic carbocycles. The number of carbonyl (C=O) groups excluding carboxylic acids is 1. The summed E-state index contributed by atoms with van der Waals surface area (Å²) in [6.45, 7) is 2.53. The average Bonchev–Trinajstić information content (AvgIpc) is 3.09. The third-order valence-corrected chi connectivity index (χ3v) is 4.05. The molecule has 1 aliphatic heterocycles. The zero-order valence-electron chi connectivity index (χ0n) is 13.7. The van der Waals surface area contributed by atoms with E-state index in [0.29, 0.717) is 19.5 Å². The molecule has 1 atom stereocenters. The van der Waals surface area contributed by atoms with Crippen molar-refractivity contribution in [3.8, 4) is 11.1 Å². The summed E-state index contributed by atoms with van der Waals surface area (Å²) in [7, 11) is 0. The maximum Gasteiger partial charge on any atom is 0.217 e. The highest BCUT2D eigenvalue weighted by Gasteiger charge is 2.22. The quantitative estimate of drug-likeness (QED) is 0.887. The Morgan fingerprint density at radius 2 is 1.71 bits per heavy atom. The summed E-state index contributed by atoms with van der Waals surface area (Å²) >= 11 is 0. The van der Waals surface area contributed by atoms with Crippen molar-refractivity contribution in [3.63, 3.8) is 0 Å². The average molecular weight is 323 g/mol. The first-order valence-corrected chi connectivity index (χ1v) is 8.02. The van der Waals surface area contributed by atoms with E-state index in [9.17, 15) is 4.79 Å². The van der Waals surface area contributed by atoms with Crippen molar-refractivity contribution >= 4 is 11.6 Å². The lowest BCUT2D eigenvalue weighted by atomic mass is 9.99. The molecule has 3 N–H and O–H groups in total. The molecule has 5 nitrogen and oxygen atoms in total. The van der Waals surface area contributed by atoms with Crippen molar-refractivity contribution in [2.45, 2.75) is 26.0 Å². The van der Waals surface area contributed by atoms with Crippen molar-refractivity contribution < 1.29 is 9.63 Å². The van der Waals surface area contributed by atoms with Gasteiger partial charge < -0.3 is 15.9 Å². The van der Waals surface area contributed by atoms with Crippen LogP contribution in [0.2, 0.25) is 0 Å². The third-order valence-electron chi connectivity index (χ3n) is 4.05. The van der Waals surface area contributed by atoms with Gasteiger partial charge in [-0.05, 0) is 22.3 Å². The topological polar surface area (TPSA) is 76.7 Å². The molecule has 0 bridgehead atoms. The maximum absolute atomic E-state index is 11.0. The van der Waals surface area contributed by atoms with Gasteiger partial charge in [-0.3, -0.25) is 4.79 Å². The number of carbonyl (C=O) groups is 1. The maximum atomic E-state index is 11.0. The molecule has 0 spiro atoms. The molecule has 0 saturated carbocycles. The van der Waals surface area contributed by atoms with Crippen molar-refractivity contribution in [1.29, 1.82) is 0 Å². The van der Waals surface area contributed by atoms with E-state index >= 15 is 0 Å². The van der Waals surface area contributed by atoms with E-state index in [0.717, 1.165) is 28.0 Å². The number of nitrogens with one attached hydrogen (secondary N) is 1. The lowest BCUT2D eigenvalue weighted by molar-refractivity contribution is -0.119. The Hall–Kier alpha value is -2.66. The lowest BCUT2D eigenvalue weighted by Gasteiger charge is -2.08. The summed E-state index contributed by atoms with van der Waals surface area (Å²) in [5.74, 6) is -0.0583. The summed E-state index contributed by atoms with van der Waals surface area (Å²) < 4.78 is 0. The van der Waals surface area contributed by atoms with Crippen LogP contribution >= 0.6 is 0 Å². The van der Waals surface area contributed by atoms with E-state index in [1.165, 1.54) is 6.92 Å². The molecule has 0 aromatic heterocycles. The molecule has 3 rings (SSSR count). The molecule has 24 heavy (non-hydrogen) atoms. The van der Waals surface area contributed by atoms with Crippen LogP contribution in [0.5, 0.6) is 0 Å². The van der Waals surface area contributed by atoms with Gasteiger partial charge in [0.05, 0.1) is 12.3 Å². The number of nitrogens with zero attached hydrogens (tertiary/aromatic N) is 1. The summed E-state index contributed by atoms with van der Waals surface area (Å²) in [5, 5.41) is 6.90. The van der Waals surface area contributed by atoms with Gasteiger partial charge in [0.1, 0.15) is 6.10 Å². The summed E-state index contributed by atoms with van der Waals surface area (Å²) in [6, 6.07) is 16.5. The van der Waals surface area contributed by atoms with E-state index in [2.05, 4.69) is 46.9 Å². The largest absolute Gasteiger partial charge is 0.390 e. The summed E-state index contributed by atoms with van der Waals surface area (Å²) in [6.07, 6.45) is 0.609. The molecule has 1 amide bonds. The van der Waals surface area contributed by atoms with Crippen LogP contribution in [0.4, 0.5) is 0 Å². The fourth-order valence-corrected chi connectivity index (χ4v) is 2.65. The molecule has 0 saturated heterocycles. The molecule has 1 aliphatic rings. The van der Waals surface area contributed by atoms with Gasteiger partial charge in [-0.1, -0.05) is 53.7 Å². The molecule has 124 valence electrons. The number of rotatable bonds is 5. The Bertz CT molecular complexity index is 736. The molecular formula is C19H21N3O2. The van der Waals surface area contributed by atoms with Crippen LogP contribution in [0.3, 0.4) is 0 Å². The van der Waals surface area contributed by atoms with Crippen LogP contribution < -0.4 is 11.1 Å². The molecular weight excluding hydrogens is 302 g/mol.